The summed E-state index contributed by atoms with van der Waals surface area (Å²) in [6, 6.07) is 13.8. The van der Waals surface area contributed by atoms with E-state index in [-0.39, 0.29) is 5.78 Å². The van der Waals surface area contributed by atoms with E-state index in [2.05, 4.69) is 15.9 Å². The van der Waals surface area contributed by atoms with Crippen molar-refractivity contribution in [1.29, 1.82) is 5.26 Å². The first-order valence-electron chi connectivity index (χ1n) is 6.09. The number of hydrogen-bond donors (Lipinski definition) is 0. The van der Waals surface area contributed by atoms with Crippen molar-refractivity contribution >= 4 is 33.3 Å². The van der Waals surface area contributed by atoms with Gasteiger partial charge < -0.3 is 4.74 Å². The molecule has 0 N–H and O–H groups in total. The Hall–Kier alpha value is -1.83. The number of hydrogen-bond acceptors (Lipinski definition) is 3. The van der Waals surface area contributed by atoms with Crippen molar-refractivity contribution in [2.75, 3.05) is 7.11 Å². The standard InChI is InChI=1S/C16H11BrClNO2/c1-21-15-6-5-11(8-14(15)17)16(20)13(9-19)10-3-2-4-12(18)7-10/h2-8,13H,1H3. The molecule has 0 fully saturated rings. The third-order valence-electron chi connectivity index (χ3n) is 3.01. The lowest BCUT2D eigenvalue weighted by atomic mass is 9.92. The first-order valence-corrected chi connectivity index (χ1v) is 7.26. The van der Waals surface area contributed by atoms with Gasteiger partial charge >= 0.3 is 0 Å². The van der Waals surface area contributed by atoms with Gasteiger partial charge in [0, 0.05) is 10.6 Å². The van der Waals surface area contributed by atoms with Gasteiger partial charge in [-0.05, 0) is 51.8 Å². The zero-order chi connectivity index (χ0) is 15.4. The Morgan fingerprint density at radius 2 is 2.10 bits per heavy atom. The van der Waals surface area contributed by atoms with Gasteiger partial charge in [0.1, 0.15) is 11.7 Å². The van der Waals surface area contributed by atoms with Crippen LogP contribution in [0, 0.1) is 11.3 Å². The van der Waals surface area contributed by atoms with Crippen LogP contribution in [-0.4, -0.2) is 12.9 Å². The minimum atomic E-state index is -0.885. The Bertz CT molecular complexity index is 724. The van der Waals surface area contributed by atoms with Gasteiger partial charge in [-0.25, -0.2) is 0 Å². The van der Waals surface area contributed by atoms with E-state index in [0.717, 1.165) is 0 Å². The monoisotopic (exact) mass is 363 g/mol. The van der Waals surface area contributed by atoms with Crippen molar-refractivity contribution in [3.8, 4) is 11.8 Å². The number of rotatable bonds is 4. The maximum absolute atomic E-state index is 12.5. The maximum Gasteiger partial charge on any atom is 0.184 e. The smallest absolute Gasteiger partial charge is 0.184 e. The van der Waals surface area contributed by atoms with E-state index >= 15 is 0 Å². The molecule has 5 heteroatoms. The summed E-state index contributed by atoms with van der Waals surface area (Å²) in [5, 5.41) is 9.82. The van der Waals surface area contributed by atoms with Gasteiger partial charge in [0.05, 0.1) is 17.7 Å². The molecule has 0 heterocycles. The lowest BCUT2D eigenvalue weighted by Crippen LogP contribution is -2.11. The molecule has 3 nitrogen and oxygen atoms in total. The second-order valence-corrected chi connectivity index (χ2v) is 5.62. The van der Waals surface area contributed by atoms with Gasteiger partial charge in [-0.1, -0.05) is 23.7 Å². The topological polar surface area (TPSA) is 50.1 Å². The lowest BCUT2D eigenvalue weighted by molar-refractivity contribution is 0.0979. The van der Waals surface area contributed by atoms with Crippen LogP contribution < -0.4 is 4.74 Å². The van der Waals surface area contributed by atoms with Crippen molar-refractivity contribution in [3.63, 3.8) is 0 Å². The first kappa shape index (κ1) is 15.6. The average molecular weight is 365 g/mol. The molecule has 0 saturated carbocycles. The molecule has 0 aliphatic rings. The number of carbonyl (C=O) groups excluding carboxylic acids is 1. The van der Waals surface area contributed by atoms with E-state index in [4.69, 9.17) is 16.3 Å². The largest absolute Gasteiger partial charge is 0.496 e. The normalized spacial score (nSPS) is 11.5. The molecular weight excluding hydrogens is 354 g/mol. The Labute approximate surface area is 136 Å². The van der Waals surface area contributed by atoms with Crippen LogP contribution >= 0.6 is 27.5 Å². The van der Waals surface area contributed by atoms with Crippen LogP contribution in [0.5, 0.6) is 5.75 Å². The van der Waals surface area contributed by atoms with Gasteiger partial charge in [-0.3, -0.25) is 4.79 Å². The summed E-state index contributed by atoms with van der Waals surface area (Å²) in [6.45, 7) is 0. The molecule has 0 saturated heterocycles. The number of Topliss-reactive ketones (excluding diaryl/α,β-unsaturated/α-hetero) is 1. The molecule has 2 rings (SSSR count). The van der Waals surface area contributed by atoms with Crippen molar-refractivity contribution < 1.29 is 9.53 Å². The summed E-state index contributed by atoms with van der Waals surface area (Å²) in [5.41, 5.74) is 1.02. The van der Waals surface area contributed by atoms with E-state index < -0.39 is 5.92 Å². The summed E-state index contributed by atoms with van der Waals surface area (Å²) >= 11 is 9.25. The summed E-state index contributed by atoms with van der Waals surface area (Å²) in [4.78, 5) is 12.5. The first-order chi connectivity index (χ1) is 10.1. The Balaban J connectivity index is 2.37. The Morgan fingerprint density at radius 1 is 1.33 bits per heavy atom. The summed E-state index contributed by atoms with van der Waals surface area (Å²) < 4.78 is 5.79. The SMILES string of the molecule is COc1ccc(C(=O)C(C#N)c2cccc(Cl)c2)cc1Br. The lowest BCUT2D eigenvalue weighted by Gasteiger charge is -2.10. The molecule has 0 amide bonds. The van der Waals surface area contributed by atoms with Gasteiger partial charge in [0.15, 0.2) is 5.78 Å². The number of ether oxygens (including phenoxy) is 1. The number of benzene rings is 2. The number of methoxy groups -OCH3 is 1. The van der Waals surface area contributed by atoms with Crippen molar-refractivity contribution in [2.45, 2.75) is 5.92 Å². The predicted octanol–water partition coefficient (Wildman–Crippen LogP) is 4.60. The second-order valence-electron chi connectivity index (χ2n) is 4.33. The number of ketones is 1. The molecule has 21 heavy (non-hydrogen) atoms. The molecule has 2 aromatic rings. The minimum absolute atomic E-state index is 0.275. The zero-order valence-corrected chi connectivity index (χ0v) is 13.5. The van der Waals surface area contributed by atoms with E-state index in [0.29, 0.717) is 26.4 Å². The van der Waals surface area contributed by atoms with E-state index in [1.54, 1.807) is 49.6 Å². The maximum atomic E-state index is 12.5. The number of halogens is 2. The molecule has 0 bridgehead atoms. The van der Waals surface area contributed by atoms with Crippen molar-refractivity contribution in [2.24, 2.45) is 0 Å². The predicted molar refractivity (Wildman–Crippen MR) is 84.8 cm³/mol. The fourth-order valence-electron chi connectivity index (χ4n) is 1.96. The van der Waals surface area contributed by atoms with Gasteiger partial charge in [-0.2, -0.15) is 5.26 Å². The van der Waals surface area contributed by atoms with Gasteiger partial charge in [-0.15, -0.1) is 0 Å². The van der Waals surface area contributed by atoms with Crippen LogP contribution in [0.25, 0.3) is 0 Å². The molecule has 0 aromatic heterocycles. The Kier molecular flexibility index (Phi) is 5.00. The summed E-state index contributed by atoms with van der Waals surface area (Å²) in [7, 11) is 1.55. The molecule has 0 spiro atoms. The van der Waals surface area contributed by atoms with Crippen molar-refractivity contribution in [3.05, 3.63) is 63.1 Å². The van der Waals surface area contributed by atoms with Gasteiger partial charge in [0.25, 0.3) is 0 Å². The third kappa shape index (κ3) is 3.44. The number of nitrogens with zero attached hydrogens (tertiary/aromatic N) is 1. The average Bonchev–Trinajstić information content (AvgIpc) is 2.48. The van der Waals surface area contributed by atoms with Crippen LogP contribution in [0.3, 0.4) is 0 Å². The van der Waals surface area contributed by atoms with Crippen LogP contribution in [0.15, 0.2) is 46.9 Å². The van der Waals surface area contributed by atoms with Crippen LogP contribution in [0.1, 0.15) is 21.8 Å². The zero-order valence-electron chi connectivity index (χ0n) is 11.1. The highest BCUT2D eigenvalue weighted by atomic mass is 79.9. The van der Waals surface area contributed by atoms with Crippen molar-refractivity contribution in [1.82, 2.24) is 0 Å². The highest BCUT2D eigenvalue weighted by Gasteiger charge is 2.22. The third-order valence-corrected chi connectivity index (χ3v) is 3.86. The highest BCUT2D eigenvalue weighted by molar-refractivity contribution is 9.10. The van der Waals surface area contributed by atoms with Crippen LogP contribution in [0.2, 0.25) is 5.02 Å². The van der Waals surface area contributed by atoms with Gasteiger partial charge in [0.2, 0.25) is 0 Å². The molecule has 2 aromatic carbocycles. The summed E-state index contributed by atoms with van der Waals surface area (Å²) in [5.74, 6) is -0.532. The molecule has 0 aliphatic heterocycles. The molecule has 1 atom stereocenters. The van der Waals surface area contributed by atoms with E-state index in [1.165, 1.54) is 0 Å². The molecule has 106 valence electrons. The van der Waals surface area contributed by atoms with Crippen LogP contribution in [-0.2, 0) is 0 Å². The molecule has 0 aliphatic carbocycles. The van der Waals surface area contributed by atoms with E-state index in [1.807, 2.05) is 6.07 Å². The fraction of sp³-hybridized carbons (Fsp3) is 0.125. The van der Waals surface area contributed by atoms with Crippen LogP contribution in [0.4, 0.5) is 0 Å². The Morgan fingerprint density at radius 3 is 2.67 bits per heavy atom. The second kappa shape index (κ2) is 6.75. The molecule has 1 unspecified atom stereocenters. The van der Waals surface area contributed by atoms with E-state index in [9.17, 15) is 10.1 Å². The minimum Gasteiger partial charge on any atom is -0.496 e. The number of nitriles is 1. The number of carbonyl (C=O) groups is 1. The molecular formula is C16H11BrClNO2. The summed E-state index contributed by atoms with van der Waals surface area (Å²) in [6.07, 6.45) is 0. The fourth-order valence-corrected chi connectivity index (χ4v) is 2.70. The highest BCUT2D eigenvalue weighted by Crippen LogP contribution is 2.29. The quantitative estimate of drug-likeness (QED) is 0.745. The molecule has 0 radical (unpaired) electrons.